The van der Waals surface area contributed by atoms with E-state index in [1.165, 1.54) is 0 Å². The van der Waals surface area contributed by atoms with Crippen molar-refractivity contribution >= 4 is 5.78 Å². The largest absolute Gasteiger partial charge is 0.377 e. The van der Waals surface area contributed by atoms with Crippen LogP contribution in [0.25, 0.3) is 0 Å². The molecule has 1 N–H and O–H groups in total. The Bertz CT molecular complexity index is 438. The molecule has 2 nitrogen and oxygen atoms in total. The van der Waals surface area contributed by atoms with E-state index >= 15 is 0 Å². The van der Waals surface area contributed by atoms with Crippen LogP contribution in [-0.4, -0.2) is 10.9 Å². The monoisotopic (exact) mass is 276 g/mol. The standard InChI is InChI=1S/C17H24O2.CH4/c1-16(2,3)15(18)17(19,14-11-7-8-12-14)13-9-5-4-6-10-13;/h4-6,9-10,14,19H,7-8,11-12H2,1-3H3;1H4. The number of carbonyl (C=O) groups is 1. The Morgan fingerprint density at radius 3 is 2.05 bits per heavy atom. The lowest BCUT2D eigenvalue weighted by atomic mass is 9.69. The first-order valence-corrected chi connectivity index (χ1v) is 7.19. The van der Waals surface area contributed by atoms with E-state index in [0.29, 0.717) is 0 Å². The van der Waals surface area contributed by atoms with Crippen LogP contribution in [0.5, 0.6) is 0 Å². The number of benzene rings is 1. The summed E-state index contributed by atoms with van der Waals surface area (Å²) >= 11 is 0. The normalized spacial score (nSPS) is 19.2. The quantitative estimate of drug-likeness (QED) is 0.893. The molecular weight excluding hydrogens is 248 g/mol. The molecule has 0 amide bonds. The van der Waals surface area contributed by atoms with Gasteiger partial charge in [-0.3, -0.25) is 4.79 Å². The van der Waals surface area contributed by atoms with Crippen molar-refractivity contribution in [3.63, 3.8) is 0 Å². The molecule has 1 unspecified atom stereocenters. The maximum atomic E-state index is 12.8. The zero-order chi connectivity index (χ0) is 14.1. The van der Waals surface area contributed by atoms with Gasteiger partial charge >= 0.3 is 0 Å². The van der Waals surface area contributed by atoms with Crippen molar-refractivity contribution < 1.29 is 9.90 Å². The zero-order valence-corrected chi connectivity index (χ0v) is 12.1. The van der Waals surface area contributed by atoms with Gasteiger partial charge in [-0.05, 0) is 24.3 Å². The topological polar surface area (TPSA) is 37.3 Å². The molecule has 0 aromatic heterocycles. The number of ketones is 1. The number of carbonyl (C=O) groups excluding carboxylic acids is 1. The average Bonchev–Trinajstić information content (AvgIpc) is 2.91. The summed E-state index contributed by atoms with van der Waals surface area (Å²) < 4.78 is 0. The van der Waals surface area contributed by atoms with E-state index in [4.69, 9.17) is 0 Å². The van der Waals surface area contributed by atoms with Crippen molar-refractivity contribution in [3.8, 4) is 0 Å². The first kappa shape index (κ1) is 16.9. The van der Waals surface area contributed by atoms with Crippen molar-refractivity contribution in [2.75, 3.05) is 0 Å². The molecule has 0 saturated heterocycles. The lowest BCUT2D eigenvalue weighted by molar-refractivity contribution is -0.153. The fourth-order valence-corrected chi connectivity index (χ4v) is 3.16. The second-order valence-corrected chi connectivity index (χ2v) is 6.69. The maximum absolute atomic E-state index is 12.8. The summed E-state index contributed by atoms with van der Waals surface area (Å²) in [6.07, 6.45) is 4.09. The molecule has 20 heavy (non-hydrogen) atoms. The van der Waals surface area contributed by atoms with E-state index in [9.17, 15) is 9.90 Å². The minimum absolute atomic E-state index is 0. The summed E-state index contributed by atoms with van der Waals surface area (Å²) in [5, 5.41) is 11.2. The Morgan fingerprint density at radius 1 is 1.10 bits per heavy atom. The highest BCUT2D eigenvalue weighted by atomic mass is 16.3. The molecular formula is C18H28O2. The lowest BCUT2D eigenvalue weighted by Gasteiger charge is -2.37. The molecule has 1 fully saturated rings. The number of rotatable bonds is 3. The van der Waals surface area contributed by atoms with Crippen LogP contribution in [0.15, 0.2) is 30.3 Å². The van der Waals surface area contributed by atoms with Gasteiger partial charge in [-0.1, -0.05) is 71.4 Å². The fourth-order valence-electron chi connectivity index (χ4n) is 3.16. The second-order valence-electron chi connectivity index (χ2n) is 6.69. The number of hydrogen-bond donors (Lipinski definition) is 1. The van der Waals surface area contributed by atoms with Crippen LogP contribution in [-0.2, 0) is 10.4 Å². The summed E-state index contributed by atoms with van der Waals surface area (Å²) in [5.74, 6) is -0.000255. The predicted octanol–water partition coefficient (Wildman–Crippen LogP) is 4.32. The fraction of sp³-hybridized carbons (Fsp3) is 0.611. The van der Waals surface area contributed by atoms with Gasteiger partial charge < -0.3 is 5.11 Å². The predicted molar refractivity (Wildman–Crippen MR) is 83.5 cm³/mol. The first-order valence-electron chi connectivity index (χ1n) is 7.19. The van der Waals surface area contributed by atoms with Crippen LogP contribution in [0.2, 0.25) is 0 Å². The molecule has 0 radical (unpaired) electrons. The highest BCUT2D eigenvalue weighted by molar-refractivity contribution is 5.92. The van der Waals surface area contributed by atoms with Gasteiger partial charge in [-0.25, -0.2) is 0 Å². The van der Waals surface area contributed by atoms with Gasteiger partial charge in [0, 0.05) is 5.41 Å². The van der Waals surface area contributed by atoms with E-state index in [1.807, 2.05) is 51.1 Å². The van der Waals surface area contributed by atoms with Gasteiger partial charge in [0.05, 0.1) is 0 Å². The van der Waals surface area contributed by atoms with Crippen molar-refractivity contribution in [1.29, 1.82) is 0 Å². The summed E-state index contributed by atoms with van der Waals surface area (Å²) in [6.45, 7) is 5.66. The highest BCUT2D eigenvalue weighted by Gasteiger charge is 2.49. The van der Waals surface area contributed by atoms with Crippen LogP contribution < -0.4 is 0 Å². The number of aliphatic hydroxyl groups is 1. The Morgan fingerprint density at radius 2 is 1.60 bits per heavy atom. The van der Waals surface area contributed by atoms with E-state index < -0.39 is 11.0 Å². The third kappa shape index (κ3) is 2.95. The molecule has 1 atom stereocenters. The van der Waals surface area contributed by atoms with Gasteiger partial charge in [-0.2, -0.15) is 0 Å². The van der Waals surface area contributed by atoms with Crippen molar-refractivity contribution in [1.82, 2.24) is 0 Å². The highest BCUT2D eigenvalue weighted by Crippen LogP contribution is 2.44. The molecule has 112 valence electrons. The van der Waals surface area contributed by atoms with Gasteiger partial charge in [0.25, 0.3) is 0 Å². The Kier molecular flexibility index (Phi) is 5.15. The summed E-state index contributed by atoms with van der Waals surface area (Å²) in [6, 6.07) is 9.46. The van der Waals surface area contributed by atoms with E-state index in [-0.39, 0.29) is 19.1 Å². The maximum Gasteiger partial charge on any atom is 0.174 e. The molecule has 0 spiro atoms. The van der Waals surface area contributed by atoms with Gasteiger partial charge in [0.15, 0.2) is 11.4 Å². The van der Waals surface area contributed by atoms with Gasteiger partial charge in [-0.15, -0.1) is 0 Å². The van der Waals surface area contributed by atoms with Crippen molar-refractivity contribution in [2.24, 2.45) is 11.3 Å². The molecule has 0 heterocycles. The van der Waals surface area contributed by atoms with Crippen LogP contribution in [0, 0.1) is 11.3 Å². The molecule has 1 aliphatic carbocycles. The number of hydrogen-bond acceptors (Lipinski definition) is 2. The van der Waals surface area contributed by atoms with E-state index in [1.54, 1.807) is 0 Å². The van der Waals surface area contributed by atoms with Crippen LogP contribution >= 0.6 is 0 Å². The summed E-state index contributed by atoms with van der Waals surface area (Å²) in [7, 11) is 0. The Balaban J connectivity index is 0.00000200. The third-order valence-electron chi connectivity index (χ3n) is 4.19. The molecule has 1 saturated carbocycles. The number of Topliss-reactive ketones (excluding diaryl/α,β-unsaturated/α-hetero) is 1. The second kappa shape index (κ2) is 6.09. The smallest absolute Gasteiger partial charge is 0.174 e. The third-order valence-corrected chi connectivity index (χ3v) is 4.19. The van der Waals surface area contributed by atoms with Crippen molar-refractivity contribution in [2.45, 2.75) is 59.5 Å². The summed E-state index contributed by atoms with van der Waals surface area (Å²) in [4.78, 5) is 12.8. The lowest BCUT2D eigenvalue weighted by Crippen LogP contribution is -2.47. The van der Waals surface area contributed by atoms with Crippen LogP contribution in [0.3, 0.4) is 0 Å². The minimum atomic E-state index is -1.32. The van der Waals surface area contributed by atoms with Gasteiger partial charge in [0.2, 0.25) is 0 Å². The van der Waals surface area contributed by atoms with E-state index in [0.717, 1.165) is 31.2 Å². The SMILES string of the molecule is C.CC(C)(C)C(=O)C(O)(c1ccccc1)C1CCCC1. The molecule has 0 bridgehead atoms. The Hall–Kier alpha value is -1.15. The van der Waals surface area contributed by atoms with Gasteiger partial charge in [0.1, 0.15) is 0 Å². The first-order chi connectivity index (χ1) is 8.87. The Labute approximate surface area is 123 Å². The van der Waals surface area contributed by atoms with Crippen LogP contribution in [0.1, 0.15) is 59.4 Å². The zero-order valence-electron chi connectivity index (χ0n) is 12.1. The molecule has 1 aliphatic rings. The molecule has 2 heteroatoms. The summed E-state index contributed by atoms with van der Waals surface area (Å²) in [5.41, 5.74) is -1.11. The molecule has 0 aliphatic heterocycles. The molecule has 1 aromatic carbocycles. The minimum Gasteiger partial charge on any atom is -0.377 e. The average molecular weight is 276 g/mol. The van der Waals surface area contributed by atoms with Crippen LogP contribution in [0.4, 0.5) is 0 Å². The van der Waals surface area contributed by atoms with E-state index in [2.05, 4.69) is 0 Å². The molecule has 2 rings (SSSR count). The van der Waals surface area contributed by atoms with Crippen molar-refractivity contribution in [3.05, 3.63) is 35.9 Å². The molecule has 1 aromatic rings.